The molecule has 8 nitrogen and oxygen atoms in total. The van der Waals surface area contributed by atoms with E-state index < -0.39 is 11.8 Å². The van der Waals surface area contributed by atoms with Gasteiger partial charge in [0.05, 0.1) is 18.2 Å². The van der Waals surface area contributed by atoms with E-state index >= 15 is 0 Å². The maximum Gasteiger partial charge on any atom is 0.250 e. The third kappa shape index (κ3) is 4.10. The number of aromatic nitrogens is 2. The van der Waals surface area contributed by atoms with Gasteiger partial charge >= 0.3 is 0 Å². The topological polar surface area (TPSA) is 95.3 Å². The first kappa shape index (κ1) is 21.6. The predicted octanol–water partition coefficient (Wildman–Crippen LogP) is 3.88. The van der Waals surface area contributed by atoms with Crippen molar-refractivity contribution in [2.24, 2.45) is 5.92 Å². The van der Waals surface area contributed by atoms with Crippen molar-refractivity contribution in [1.29, 1.82) is 0 Å². The lowest BCUT2D eigenvalue weighted by molar-refractivity contribution is -0.119. The highest BCUT2D eigenvalue weighted by Gasteiger charge is 2.38. The van der Waals surface area contributed by atoms with E-state index in [-0.39, 0.29) is 18.4 Å². The molecule has 10 heteroatoms. The van der Waals surface area contributed by atoms with Gasteiger partial charge < -0.3 is 25.3 Å². The van der Waals surface area contributed by atoms with Gasteiger partial charge in [0, 0.05) is 30.5 Å². The molecule has 2 aliphatic rings. The Bertz CT molecular complexity index is 1190. The van der Waals surface area contributed by atoms with Crippen LogP contribution in [-0.2, 0) is 10.2 Å². The van der Waals surface area contributed by atoms with E-state index in [1.54, 1.807) is 12.3 Å². The van der Waals surface area contributed by atoms with Crippen LogP contribution in [0.15, 0.2) is 34.9 Å². The zero-order chi connectivity index (χ0) is 23.2. The summed E-state index contributed by atoms with van der Waals surface area (Å²) in [5.41, 5.74) is 3.20. The number of carbonyl (C=O) groups is 1. The van der Waals surface area contributed by atoms with Gasteiger partial charge in [-0.1, -0.05) is 6.07 Å². The van der Waals surface area contributed by atoms with Gasteiger partial charge in [0.15, 0.2) is 11.4 Å². The van der Waals surface area contributed by atoms with Crippen LogP contribution in [-0.4, -0.2) is 48.5 Å². The average molecular weight is 456 g/mol. The summed E-state index contributed by atoms with van der Waals surface area (Å²) >= 11 is 0. The zero-order valence-electron chi connectivity index (χ0n) is 18.5. The van der Waals surface area contributed by atoms with Crippen LogP contribution in [0.25, 0.3) is 11.1 Å². The van der Waals surface area contributed by atoms with Crippen LogP contribution in [0.1, 0.15) is 25.8 Å². The molecule has 2 aromatic heterocycles. The number of nitrogens with zero attached hydrogens (tertiary/aromatic N) is 3. The number of amides is 1. The van der Waals surface area contributed by atoms with Crippen molar-refractivity contribution in [2.75, 3.05) is 41.7 Å². The second kappa shape index (κ2) is 8.26. The van der Waals surface area contributed by atoms with E-state index in [1.807, 2.05) is 32.0 Å². The van der Waals surface area contributed by atoms with Gasteiger partial charge in [-0.05, 0) is 50.4 Å². The van der Waals surface area contributed by atoms with Crippen molar-refractivity contribution in [3.05, 3.63) is 36.1 Å². The van der Waals surface area contributed by atoms with Crippen molar-refractivity contribution in [2.45, 2.75) is 32.1 Å². The van der Waals surface area contributed by atoms with Gasteiger partial charge in [-0.3, -0.25) is 4.79 Å². The highest BCUT2D eigenvalue weighted by atomic mass is 19.3. The number of hydrogen-bond donors (Lipinski definition) is 3. The third-order valence-corrected chi connectivity index (χ3v) is 6.37. The number of benzene rings is 1. The van der Waals surface area contributed by atoms with Gasteiger partial charge in [0.2, 0.25) is 11.9 Å². The minimum atomic E-state index is -2.35. The second-order valence-electron chi connectivity index (χ2n) is 9.12. The fourth-order valence-corrected chi connectivity index (χ4v) is 4.51. The van der Waals surface area contributed by atoms with Crippen molar-refractivity contribution in [3.63, 3.8) is 0 Å². The summed E-state index contributed by atoms with van der Waals surface area (Å²) in [4.78, 5) is 23.6. The van der Waals surface area contributed by atoms with Gasteiger partial charge in [-0.2, -0.15) is 4.98 Å². The summed E-state index contributed by atoms with van der Waals surface area (Å²) < 4.78 is 30.5. The van der Waals surface area contributed by atoms with Gasteiger partial charge in [-0.15, -0.1) is 0 Å². The Morgan fingerprint density at radius 1 is 1.30 bits per heavy atom. The molecule has 174 valence electrons. The molecule has 3 N–H and O–H groups in total. The number of furan rings is 1. The Balaban J connectivity index is 1.36. The van der Waals surface area contributed by atoms with E-state index in [2.05, 4.69) is 25.8 Å². The molecule has 33 heavy (non-hydrogen) atoms. The third-order valence-electron chi connectivity index (χ3n) is 6.37. The van der Waals surface area contributed by atoms with Gasteiger partial charge in [-0.25, -0.2) is 13.8 Å². The first-order valence-corrected chi connectivity index (χ1v) is 11.0. The summed E-state index contributed by atoms with van der Waals surface area (Å²) in [7, 11) is 0. The van der Waals surface area contributed by atoms with Gasteiger partial charge in [0.1, 0.15) is 5.52 Å². The number of alkyl halides is 2. The standard InChI is InChI=1S/C23H26F2N6O2/c1-23(2)15-4-3-14(9-17(15)28-21(23)32)27-22-29-16-6-8-33-19(16)20(30-22)31-7-5-13(12-31)10-26-11-18(24)25/h3-4,6,8-9,13,18,26H,5,7,10-12H2,1-2H3,(H,28,32)(H,27,29,30). The summed E-state index contributed by atoms with van der Waals surface area (Å²) in [5.74, 6) is 1.32. The van der Waals surface area contributed by atoms with Crippen molar-refractivity contribution in [1.82, 2.24) is 15.3 Å². The number of hydrogen-bond acceptors (Lipinski definition) is 7. The van der Waals surface area contributed by atoms with Crippen molar-refractivity contribution >= 4 is 40.1 Å². The molecule has 0 aliphatic carbocycles. The SMILES string of the molecule is CC1(C)C(=O)Nc2cc(Nc3nc(N4CCC(CNCC(F)F)C4)c4occc4n3)ccc21. The number of halogens is 2. The van der Waals surface area contributed by atoms with Crippen molar-refractivity contribution in [3.8, 4) is 0 Å². The minimum Gasteiger partial charge on any atom is -0.459 e. The minimum absolute atomic E-state index is 0.0281. The Morgan fingerprint density at radius 2 is 2.15 bits per heavy atom. The second-order valence-corrected chi connectivity index (χ2v) is 9.12. The summed E-state index contributed by atoms with van der Waals surface area (Å²) in [6.45, 7) is 5.50. The molecular formula is C23H26F2N6O2. The van der Waals surface area contributed by atoms with E-state index in [9.17, 15) is 13.6 Å². The lowest BCUT2D eigenvalue weighted by Gasteiger charge is -2.19. The molecule has 1 fully saturated rings. The number of anilines is 4. The molecule has 1 amide bonds. The maximum atomic E-state index is 12.4. The van der Waals surface area contributed by atoms with Crippen LogP contribution in [0.3, 0.4) is 0 Å². The molecule has 1 atom stereocenters. The Hall–Kier alpha value is -3.27. The molecule has 5 rings (SSSR count). The molecular weight excluding hydrogens is 430 g/mol. The molecule has 1 unspecified atom stereocenters. The summed E-state index contributed by atoms with van der Waals surface area (Å²) in [6.07, 6.45) is 0.113. The molecule has 0 saturated carbocycles. The first-order chi connectivity index (χ1) is 15.8. The fourth-order valence-electron chi connectivity index (χ4n) is 4.51. The lowest BCUT2D eigenvalue weighted by atomic mass is 9.86. The number of nitrogens with one attached hydrogen (secondary N) is 3. The quantitative estimate of drug-likeness (QED) is 0.497. The molecule has 1 saturated heterocycles. The maximum absolute atomic E-state index is 12.4. The molecule has 4 heterocycles. The summed E-state index contributed by atoms with van der Waals surface area (Å²) in [6, 6.07) is 7.51. The van der Waals surface area contributed by atoms with Crippen LogP contribution in [0, 0.1) is 5.92 Å². The van der Waals surface area contributed by atoms with E-state index in [0.29, 0.717) is 36.0 Å². The number of carbonyl (C=O) groups excluding carboxylic acids is 1. The van der Waals surface area contributed by atoms with E-state index in [0.717, 1.165) is 29.9 Å². The molecule has 0 radical (unpaired) electrons. The molecule has 3 aromatic rings. The average Bonchev–Trinajstić information content (AvgIpc) is 3.46. The first-order valence-electron chi connectivity index (χ1n) is 11.0. The highest BCUT2D eigenvalue weighted by molar-refractivity contribution is 6.06. The molecule has 1 aromatic carbocycles. The monoisotopic (exact) mass is 456 g/mol. The van der Waals surface area contributed by atoms with E-state index in [1.165, 1.54) is 0 Å². The van der Waals surface area contributed by atoms with Crippen LogP contribution in [0.4, 0.5) is 31.9 Å². The predicted molar refractivity (Wildman–Crippen MR) is 122 cm³/mol. The lowest BCUT2D eigenvalue weighted by Crippen LogP contribution is -2.29. The Morgan fingerprint density at radius 3 is 2.97 bits per heavy atom. The van der Waals surface area contributed by atoms with Crippen LogP contribution in [0.5, 0.6) is 0 Å². The Labute approximate surface area is 189 Å². The summed E-state index contributed by atoms with van der Waals surface area (Å²) in [5, 5.41) is 9.00. The van der Waals surface area contributed by atoms with E-state index in [4.69, 9.17) is 9.40 Å². The zero-order valence-corrected chi connectivity index (χ0v) is 18.5. The normalized spacial score (nSPS) is 19.4. The smallest absolute Gasteiger partial charge is 0.250 e. The number of fused-ring (bicyclic) bond motifs is 2. The Kier molecular flexibility index (Phi) is 5.40. The molecule has 0 bridgehead atoms. The van der Waals surface area contributed by atoms with Crippen molar-refractivity contribution < 1.29 is 18.0 Å². The van der Waals surface area contributed by atoms with Crippen LogP contribution >= 0.6 is 0 Å². The molecule has 2 aliphatic heterocycles. The number of rotatable bonds is 7. The molecule has 0 spiro atoms. The van der Waals surface area contributed by atoms with Crippen LogP contribution < -0.4 is 20.9 Å². The van der Waals surface area contributed by atoms with Crippen LogP contribution in [0.2, 0.25) is 0 Å². The highest BCUT2D eigenvalue weighted by Crippen LogP contribution is 2.39. The fraction of sp³-hybridized carbons (Fsp3) is 0.435. The van der Waals surface area contributed by atoms with Gasteiger partial charge in [0.25, 0.3) is 6.43 Å². The largest absolute Gasteiger partial charge is 0.459 e.